The van der Waals surface area contributed by atoms with Gasteiger partial charge in [0.15, 0.2) is 0 Å². The molecule has 2 aromatic carbocycles. The van der Waals surface area contributed by atoms with Gasteiger partial charge in [-0.05, 0) is 24.3 Å². The number of anilines is 1. The Hall–Kier alpha value is -2.89. The number of carbonyl (C=O) groups excluding carboxylic acids is 2. The number of benzene rings is 2. The second kappa shape index (κ2) is 6.04. The number of halogens is 1. The standard InChI is InChI=1S/C15H13FN2O3/c16-10-5-6-12(13(17)7-10)15(20)21-8-9-3-1-2-4-11(9)14(18)19/h1-7H,8,17H2,(H2,18,19). The van der Waals surface area contributed by atoms with Gasteiger partial charge in [0.2, 0.25) is 5.91 Å². The van der Waals surface area contributed by atoms with Crippen molar-refractivity contribution in [3.05, 3.63) is 65.0 Å². The van der Waals surface area contributed by atoms with Crippen LogP contribution in [-0.2, 0) is 11.3 Å². The highest BCUT2D eigenvalue weighted by atomic mass is 19.1. The zero-order valence-corrected chi connectivity index (χ0v) is 11.0. The van der Waals surface area contributed by atoms with Gasteiger partial charge in [0.25, 0.3) is 0 Å². The van der Waals surface area contributed by atoms with E-state index in [1.165, 1.54) is 12.1 Å². The Kier molecular flexibility index (Phi) is 4.18. The molecule has 0 spiro atoms. The van der Waals surface area contributed by atoms with Crippen molar-refractivity contribution >= 4 is 17.6 Å². The summed E-state index contributed by atoms with van der Waals surface area (Å²) >= 11 is 0. The number of ether oxygens (including phenoxy) is 1. The molecule has 108 valence electrons. The number of hydrogen-bond donors (Lipinski definition) is 2. The van der Waals surface area contributed by atoms with E-state index in [2.05, 4.69) is 0 Å². The number of hydrogen-bond acceptors (Lipinski definition) is 4. The van der Waals surface area contributed by atoms with E-state index in [1.54, 1.807) is 18.2 Å². The Morgan fingerprint density at radius 2 is 1.81 bits per heavy atom. The number of amides is 1. The smallest absolute Gasteiger partial charge is 0.340 e. The fourth-order valence-electron chi connectivity index (χ4n) is 1.83. The Bertz CT molecular complexity index is 701. The van der Waals surface area contributed by atoms with Crippen LogP contribution in [0.4, 0.5) is 10.1 Å². The fourth-order valence-corrected chi connectivity index (χ4v) is 1.83. The van der Waals surface area contributed by atoms with E-state index < -0.39 is 17.7 Å². The molecule has 0 bridgehead atoms. The molecule has 0 aliphatic heterocycles. The summed E-state index contributed by atoms with van der Waals surface area (Å²) in [6.45, 7) is -0.130. The zero-order valence-electron chi connectivity index (χ0n) is 11.0. The van der Waals surface area contributed by atoms with Gasteiger partial charge in [-0.2, -0.15) is 0 Å². The monoisotopic (exact) mass is 288 g/mol. The Balaban J connectivity index is 2.13. The molecule has 0 aromatic heterocycles. The first kappa shape index (κ1) is 14.5. The molecule has 0 fully saturated rings. The van der Waals surface area contributed by atoms with Crippen molar-refractivity contribution in [3.63, 3.8) is 0 Å². The van der Waals surface area contributed by atoms with Crippen LogP contribution in [0.2, 0.25) is 0 Å². The summed E-state index contributed by atoms with van der Waals surface area (Å²) in [5.74, 6) is -1.85. The number of nitrogen functional groups attached to an aromatic ring is 1. The molecule has 0 aliphatic rings. The van der Waals surface area contributed by atoms with Crippen LogP contribution in [0.5, 0.6) is 0 Å². The lowest BCUT2D eigenvalue weighted by molar-refractivity contribution is 0.0471. The molecule has 0 atom stereocenters. The van der Waals surface area contributed by atoms with E-state index in [4.69, 9.17) is 16.2 Å². The van der Waals surface area contributed by atoms with E-state index in [0.29, 0.717) is 5.56 Å². The highest BCUT2D eigenvalue weighted by molar-refractivity contribution is 5.96. The van der Waals surface area contributed by atoms with Crippen molar-refractivity contribution in [2.45, 2.75) is 6.61 Å². The lowest BCUT2D eigenvalue weighted by atomic mass is 10.1. The van der Waals surface area contributed by atoms with E-state index in [-0.39, 0.29) is 23.4 Å². The van der Waals surface area contributed by atoms with Gasteiger partial charge in [-0.25, -0.2) is 9.18 Å². The molecule has 2 rings (SSSR count). The molecule has 0 aliphatic carbocycles. The van der Waals surface area contributed by atoms with Crippen LogP contribution in [0.25, 0.3) is 0 Å². The van der Waals surface area contributed by atoms with Gasteiger partial charge in [0.05, 0.1) is 5.56 Å². The van der Waals surface area contributed by atoms with Gasteiger partial charge in [-0.3, -0.25) is 4.79 Å². The van der Waals surface area contributed by atoms with E-state index in [9.17, 15) is 14.0 Å². The summed E-state index contributed by atoms with van der Waals surface area (Å²) in [5.41, 5.74) is 11.6. The van der Waals surface area contributed by atoms with Gasteiger partial charge in [-0.15, -0.1) is 0 Å². The number of carbonyl (C=O) groups is 2. The normalized spacial score (nSPS) is 10.1. The minimum absolute atomic E-state index is 0.0109. The SMILES string of the molecule is NC(=O)c1ccccc1COC(=O)c1ccc(F)cc1N. The van der Waals surface area contributed by atoms with E-state index in [1.807, 2.05) is 0 Å². The Labute approximate surface area is 120 Å². The molecule has 0 radical (unpaired) electrons. The van der Waals surface area contributed by atoms with Crippen LogP contribution in [0.15, 0.2) is 42.5 Å². The van der Waals surface area contributed by atoms with Gasteiger partial charge in [0.1, 0.15) is 12.4 Å². The van der Waals surface area contributed by atoms with Crippen molar-refractivity contribution in [2.24, 2.45) is 5.73 Å². The Morgan fingerprint density at radius 1 is 1.10 bits per heavy atom. The molecule has 0 unspecified atom stereocenters. The van der Waals surface area contributed by atoms with Crippen molar-refractivity contribution in [3.8, 4) is 0 Å². The van der Waals surface area contributed by atoms with Gasteiger partial charge in [-0.1, -0.05) is 18.2 Å². The van der Waals surface area contributed by atoms with Crippen molar-refractivity contribution in [1.29, 1.82) is 0 Å². The van der Waals surface area contributed by atoms with Crippen molar-refractivity contribution in [1.82, 2.24) is 0 Å². The summed E-state index contributed by atoms with van der Waals surface area (Å²) in [4.78, 5) is 23.1. The topological polar surface area (TPSA) is 95.4 Å². The molecular weight excluding hydrogens is 275 g/mol. The molecule has 0 heterocycles. The number of primary amides is 1. The minimum atomic E-state index is -0.702. The molecule has 21 heavy (non-hydrogen) atoms. The lowest BCUT2D eigenvalue weighted by Gasteiger charge is -2.09. The summed E-state index contributed by atoms with van der Waals surface area (Å²) in [6, 6.07) is 9.91. The lowest BCUT2D eigenvalue weighted by Crippen LogP contribution is -2.15. The second-order valence-electron chi connectivity index (χ2n) is 4.33. The highest BCUT2D eigenvalue weighted by Crippen LogP contribution is 2.16. The van der Waals surface area contributed by atoms with Gasteiger partial charge >= 0.3 is 5.97 Å². The molecule has 0 saturated heterocycles. The third kappa shape index (κ3) is 3.36. The van der Waals surface area contributed by atoms with Crippen LogP contribution in [-0.4, -0.2) is 11.9 Å². The molecule has 0 saturated carbocycles. The summed E-state index contributed by atoms with van der Waals surface area (Å²) in [6.07, 6.45) is 0. The maximum Gasteiger partial charge on any atom is 0.340 e. The zero-order chi connectivity index (χ0) is 15.4. The molecule has 6 heteroatoms. The predicted molar refractivity (Wildman–Crippen MR) is 74.9 cm³/mol. The molecular formula is C15H13FN2O3. The molecule has 2 aromatic rings. The average Bonchev–Trinajstić information content (AvgIpc) is 2.45. The Morgan fingerprint density at radius 3 is 2.48 bits per heavy atom. The first-order valence-electron chi connectivity index (χ1n) is 6.09. The van der Waals surface area contributed by atoms with Crippen LogP contribution < -0.4 is 11.5 Å². The first-order valence-corrected chi connectivity index (χ1v) is 6.09. The third-order valence-electron chi connectivity index (χ3n) is 2.88. The molecule has 4 N–H and O–H groups in total. The van der Waals surface area contributed by atoms with E-state index in [0.717, 1.165) is 12.1 Å². The van der Waals surface area contributed by atoms with Crippen LogP contribution in [0.3, 0.4) is 0 Å². The van der Waals surface area contributed by atoms with E-state index >= 15 is 0 Å². The quantitative estimate of drug-likeness (QED) is 0.663. The van der Waals surface area contributed by atoms with Crippen LogP contribution >= 0.6 is 0 Å². The fraction of sp³-hybridized carbons (Fsp3) is 0.0667. The predicted octanol–water partition coefficient (Wildman–Crippen LogP) is 1.86. The average molecular weight is 288 g/mol. The minimum Gasteiger partial charge on any atom is -0.457 e. The summed E-state index contributed by atoms with van der Waals surface area (Å²) < 4.78 is 18.0. The first-order chi connectivity index (χ1) is 9.99. The van der Waals surface area contributed by atoms with Crippen molar-refractivity contribution < 1.29 is 18.7 Å². The van der Waals surface area contributed by atoms with Gasteiger partial charge < -0.3 is 16.2 Å². The second-order valence-corrected chi connectivity index (χ2v) is 4.33. The molecule has 1 amide bonds. The van der Waals surface area contributed by atoms with Crippen molar-refractivity contribution in [2.75, 3.05) is 5.73 Å². The van der Waals surface area contributed by atoms with Crippen LogP contribution in [0.1, 0.15) is 26.3 Å². The number of rotatable bonds is 4. The maximum absolute atomic E-state index is 12.9. The third-order valence-corrected chi connectivity index (χ3v) is 2.88. The maximum atomic E-state index is 12.9. The summed E-state index contributed by atoms with van der Waals surface area (Å²) in [7, 11) is 0. The highest BCUT2D eigenvalue weighted by Gasteiger charge is 2.14. The largest absolute Gasteiger partial charge is 0.457 e. The number of nitrogens with two attached hydrogens (primary N) is 2. The molecule has 5 nitrogen and oxygen atoms in total. The van der Waals surface area contributed by atoms with Crippen LogP contribution in [0, 0.1) is 5.82 Å². The van der Waals surface area contributed by atoms with Gasteiger partial charge in [0, 0.05) is 16.8 Å². The number of esters is 1. The summed E-state index contributed by atoms with van der Waals surface area (Å²) in [5, 5.41) is 0.